The molecule has 2 aromatic rings. The number of benzene rings is 1. The number of H-pyrrole nitrogens is 1. The van der Waals surface area contributed by atoms with Crippen molar-refractivity contribution in [3.05, 3.63) is 62.0 Å². The van der Waals surface area contributed by atoms with E-state index in [1.54, 1.807) is 0 Å². The number of hydrogen-bond acceptors (Lipinski definition) is 2. The van der Waals surface area contributed by atoms with Gasteiger partial charge in [0.2, 0.25) is 0 Å². The van der Waals surface area contributed by atoms with E-state index in [0.29, 0.717) is 5.69 Å². The molecular weight excluding hydrogens is 308 g/mol. The summed E-state index contributed by atoms with van der Waals surface area (Å²) in [5.41, 5.74) is 2.50. The van der Waals surface area contributed by atoms with E-state index in [1.807, 2.05) is 26.0 Å². The van der Waals surface area contributed by atoms with Crippen molar-refractivity contribution in [2.45, 2.75) is 13.8 Å². The first-order valence-electron chi connectivity index (χ1n) is 5.74. The molecule has 0 bridgehead atoms. The summed E-state index contributed by atoms with van der Waals surface area (Å²) in [4.78, 5) is 26.4. The van der Waals surface area contributed by atoms with Crippen LogP contribution in [0.25, 0.3) is 0 Å². The number of rotatable bonds is 2. The van der Waals surface area contributed by atoms with Gasteiger partial charge in [-0.1, -0.05) is 6.07 Å². The van der Waals surface area contributed by atoms with E-state index in [9.17, 15) is 9.59 Å². The van der Waals surface area contributed by atoms with Gasteiger partial charge in [0.15, 0.2) is 5.43 Å². The van der Waals surface area contributed by atoms with Crippen molar-refractivity contribution < 1.29 is 4.79 Å². The first kappa shape index (κ1) is 13.5. The molecule has 5 heteroatoms. The number of hydrogen-bond donors (Lipinski definition) is 2. The molecule has 0 aliphatic rings. The van der Waals surface area contributed by atoms with Gasteiger partial charge in [-0.25, -0.2) is 0 Å². The zero-order valence-corrected chi connectivity index (χ0v) is 12.2. The Labute approximate surface area is 119 Å². The summed E-state index contributed by atoms with van der Waals surface area (Å²) in [5, 5.41) is 2.76. The van der Waals surface area contributed by atoms with E-state index < -0.39 is 5.91 Å². The number of amides is 1. The number of anilines is 1. The predicted octanol–water partition coefficient (Wildman–Crippen LogP) is 3.01. The lowest BCUT2D eigenvalue weighted by molar-refractivity contribution is 0.102. The summed E-state index contributed by atoms with van der Waals surface area (Å²) < 4.78 is 0.797. The molecule has 0 fully saturated rings. The van der Waals surface area contributed by atoms with E-state index in [0.717, 1.165) is 15.6 Å². The van der Waals surface area contributed by atoms with Crippen LogP contribution < -0.4 is 10.7 Å². The van der Waals surface area contributed by atoms with E-state index in [4.69, 9.17) is 0 Å². The first-order valence-corrected chi connectivity index (χ1v) is 6.53. The van der Waals surface area contributed by atoms with Crippen LogP contribution in [0.5, 0.6) is 0 Å². The van der Waals surface area contributed by atoms with Crippen LogP contribution in [0.1, 0.15) is 21.5 Å². The Morgan fingerprint density at radius 2 is 2.05 bits per heavy atom. The molecule has 0 radical (unpaired) electrons. The fourth-order valence-electron chi connectivity index (χ4n) is 1.85. The third-order valence-electron chi connectivity index (χ3n) is 2.74. The Morgan fingerprint density at radius 1 is 1.32 bits per heavy atom. The van der Waals surface area contributed by atoms with Gasteiger partial charge >= 0.3 is 0 Å². The predicted molar refractivity (Wildman–Crippen MR) is 78.6 cm³/mol. The summed E-state index contributed by atoms with van der Waals surface area (Å²) in [7, 11) is 0. The summed E-state index contributed by atoms with van der Waals surface area (Å²) in [5.74, 6) is -0.422. The molecule has 1 aromatic carbocycles. The maximum Gasteiger partial charge on any atom is 0.261 e. The number of nitrogens with one attached hydrogen (secondary N) is 2. The second-order valence-electron chi connectivity index (χ2n) is 4.32. The number of aryl methyl sites for hydroxylation is 2. The number of aromatic amines is 1. The largest absolute Gasteiger partial charge is 0.367 e. The summed E-state index contributed by atoms with van der Waals surface area (Å²) >= 11 is 3.42. The van der Waals surface area contributed by atoms with Crippen LogP contribution in [0.4, 0.5) is 5.69 Å². The highest BCUT2D eigenvalue weighted by molar-refractivity contribution is 9.10. The fourth-order valence-corrected chi connectivity index (χ4v) is 2.62. The van der Waals surface area contributed by atoms with Crippen LogP contribution in [-0.4, -0.2) is 10.9 Å². The Balaban J connectivity index is 2.35. The van der Waals surface area contributed by atoms with Crippen molar-refractivity contribution in [2.75, 3.05) is 5.32 Å². The molecule has 19 heavy (non-hydrogen) atoms. The molecule has 0 atom stereocenters. The molecule has 2 N–H and O–H groups in total. The van der Waals surface area contributed by atoms with Crippen molar-refractivity contribution in [2.24, 2.45) is 0 Å². The quantitative estimate of drug-likeness (QED) is 0.893. The van der Waals surface area contributed by atoms with E-state index in [1.165, 1.54) is 18.5 Å². The first-order chi connectivity index (χ1) is 8.99. The fraction of sp³-hybridized carbons (Fsp3) is 0.143. The highest BCUT2D eigenvalue weighted by atomic mass is 79.9. The van der Waals surface area contributed by atoms with Gasteiger partial charge in [-0.3, -0.25) is 9.59 Å². The standard InChI is InChI=1S/C14H13BrN2O2/c1-8-5-9(2)13(11(15)6-8)17-14(19)10-7-16-4-3-12(10)18/h3-7H,1-2H3,(H,16,18)(H,17,19). The average molecular weight is 321 g/mol. The molecule has 0 unspecified atom stereocenters. The number of pyridine rings is 1. The van der Waals surface area contributed by atoms with Gasteiger partial charge in [0.25, 0.3) is 5.91 Å². The SMILES string of the molecule is Cc1cc(C)c(NC(=O)c2c[nH]ccc2=O)c(Br)c1. The van der Waals surface area contributed by atoms with Crippen molar-refractivity contribution in [1.82, 2.24) is 4.98 Å². The minimum atomic E-state index is -0.422. The number of halogens is 1. The highest BCUT2D eigenvalue weighted by Gasteiger charge is 2.13. The van der Waals surface area contributed by atoms with Gasteiger partial charge in [0.05, 0.1) is 5.69 Å². The second-order valence-corrected chi connectivity index (χ2v) is 5.17. The van der Waals surface area contributed by atoms with Gasteiger partial charge < -0.3 is 10.3 Å². The third-order valence-corrected chi connectivity index (χ3v) is 3.36. The second kappa shape index (κ2) is 5.40. The molecule has 4 nitrogen and oxygen atoms in total. The topological polar surface area (TPSA) is 62.0 Å². The van der Waals surface area contributed by atoms with Gasteiger partial charge in [-0.15, -0.1) is 0 Å². The van der Waals surface area contributed by atoms with Crippen LogP contribution in [-0.2, 0) is 0 Å². The third kappa shape index (κ3) is 2.93. The molecule has 1 amide bonds. The van der Waals surface area contributed by atoms with Gasteiger partial charge in [0.1, 0.15) is 5.56 Å². The van der Waals surface area contributed by atoms with Crippen molar-refractivity contribution in [1.29, 1.82) is 0 Å². The number of aromatic nitrogens is 1. The molecule has 98 valence electrons. The smallest absolute Gasteiger partial charge is 0.261 e. The Hall–Kier alpha value is -1.88. The van der Waals surface area contributed by atoms with Crippen molar-refractivity contribution in [3.63, 3.8) is 0 Å². The summed E-state index contributed by atoms with van der Waals surface area (Å²) in [6, 6.07) is 5.21. The van der Waals surface area contributed by atoms with Crippen LogP contribution >= 0.6 is 15.9 Å². The highest BCUT2D eigenvalue weighted by Crippen LogP contribution is 2.27. The Morgan fingerprint density at radius 3 is 2.68 bits per heavy atom. The summed E-state index contributed by atoms with van der Waals surface area (Å²) in [6.45, 7) is 3.88. The molecule has 0 aliphatic carbocycles. The maximum absolute atomic E-state index is 12.1. The lowest BCUT2D eigenvalue weighted by Crippen LogP contribution is -2.21. The van der Waals surface area contributed by atoms with Crippen molar-refractivity contribution >= 4 is 27.5 Å². The average Bonchev–Trinajstić information content (AvgIpc) is 2.34. The zero-order valence-electron chi connectivity index (χ0n) is 10.6. The van der Waals surface area contributed by atoms with E-state index >= 15 is 0 Å². The molecule has 1 aromatic heterocycles. The molecule has 0 saturated carbocycles. The number of carbonyl (C=O) groups is 1. The van der Waals surface area contributed by atoms with Crippen LogP contribution in [0.3, 0.4) is 0 Å². The molecular formula is C14H13BrN2O2. The van der Waals surface area contributed by atoms with Crippen molar-refractivity contribution in [3.8, 4) is 0 Å². The van der Waals surface area contributed by atoms with E-state index in [-0.39, 0.29) is 11.0 Å². The van der Waals surface area contributed by atoms with Crippen LogP contribution in [0.15, 0.2) is 39.9 Å². The monoisotopic (exact) mass is 320 g/mol. The molecule has 0 saturated heterocycles. The van der Waals surface area contributed by atoms with Crippen LogP contribution in [0, 0.1) is 13.8 Å². The maximum atomic E-state index is 12.1. The molecule has 0 spiro atoms. The van der Waals surface area contributed by atoms with E-state index in [2.05, 4.69) is 26.2 Å². The summed E-state index contributed by atoms with van der Waals surface area (Å²) in [6.07, 6.45) is 2.89. The Bertz CT molecular complexity index is 669. The van der Waals surface area contributed by atoms with Crippen LogP contribution in [0.2, 0.25) is 0 Å². The minimum absolute atomic E-state index is 0.0920. The molecule has 0 aliphatic heterocycles. The molecule has 2 rings (SSSR count). The Kier molecular flexibility index (Phi) is 3.85. The lowest BCUT2D eigenvalue weighted by Gasteiger charge is -2.11. The minimum Gasteiger partial charge on any atom is -0.367 e. The van der Waals surface area contributed by atoms with Gasteiger partial charge in [0, 0.05) is 22.9 Å². The lowest BCUT2D eigenvalue weighted by atomic mass is 10.1. The zero-order chi connectivity index (χ0) is 14.0. The van der Waals surface area contributed by atoms with Gasteiger partial charge in [-0.2, -0.15) is 0 Å². The van der Waals surface area contributed by atoms with Gasteiger partial charge in [-0.05, 0) is 47.0 Å². The molecule has 1 heterocycles. The normalized spacial score (nSPS) is 10.3. The number of carbonyl (C=O) groups excluding carboxylic acids is 1.